The van der Waals surface area contributed by atoms with Gasteiger partial charge in [0.2, 0.25) is 5.91 Å². The third-order valence-corrected chi connectivity index (χ3v) is 1.74. The van der Waals surface area contributed by atoms with Gasteiger partial charge in [-0.15, -0.1) is 0 Å². The van der Waals surface area contributed by atoms with Gasteiger partial charge in [-0.05, 0) is 6.92 Å². The van der Waals surface area contributed by atoms with E-state index in [1.807, 2.05) is 0 Å². The highest BCUT2D eigenvalue weighted by Gasteiger charge is 2.00. The second-order valence-corrected chi connectivity index (χ2v) is 3.07. The average Bonchev–Trinajstić information content (AvgIpc) is 2.21. The van der Waals surface area contributed by atoms with E-state index in [4.69, 9.17) is 0 Å². The van der Waals surface area contributed by atoms with Crippen molar-refractivity contribution in [3.8, 4) is 0 Å². The van der Waals surface area contributed by atoms with Crippen molar-refractivity contribution < 1.29 is 14.3 Å². The number of nitrogens with one attached hydrogen (secondary N) is 2. The van der Waals surface area contributed by atoms with Gasteiger partial charge in [0.15, 0.2) is 0 Å². The minimum Gasteiger partial charge on any atom is -0.466 e. The van der Waals surface area contributed by atoms with E-state index < -0.39 is 0 Å². The normalized spacial score (nSPS) is 11.0. The molecular formula is C10H18N2O3. The van der Waals surface area contributed by atoms with Crippen molar-refractivity contribution in [2.75, 3.05) is 26.7 Å². The van der Waals surface area contributed by atoms with Crippen molar-refractivity contribution in [3.05, 3.63) is 11.6 Å². The summed E-state index contributed by atoms with van der Waals surface area (Å²) in [5.74, 6) is -0.364. The molecule has 15 heavy (non-hydrogen) atoms. The molecule has 2 N–H and O–H groups in total. The minimum atomic E-state index is -0.321. The first kappa shape index (κ1) is 13.6. The van der Waals surface area contributed by atoms with E-state index in [2.05, 4.69) is 15.4 Å². The Kier molecular flexibility index (Phi) is 7.27. The average molecular weight is 214 g/mol. The number of methoxy groups -OCH3 is 1. The van der Waals surface area contributed by atoms with E-state index in [-0.39, 0.29) is 11.9 Å². The van der Waals surface area contributed by atoms with Crippen LogP contribution >= 0.6 is 0 Å². The van der Waals surface area contributed by atoms with E-state index in [1.165, 1.54) is 14.0 Å². The highest BCUT2D eigenvalue weighted by Crippen LogP contribution is 1.93. The van der Waals surface area contributed by atoms with E-state index in [1.54, 1.807) is 13.0 Å². The summed E-state index contributed by atoms with van der Waals surface area (Å²) in [7, 11) is 1.35. The van der Waals surface area contributed by atoms with Gasteiger partial charge in [0, 0.05) is 32.1 Å². The third-order valence-electron chi connectivity index (χ3n) is 1.74. The maximum Gasteiger partial charge on any atom is 0.333 e. The molecule has 0 atom stereocenters. The number of esters is 1. The molecule has 0 fully saturated rings. The molecule has 0 aliphatic carbocycles. The Morgan fingerprint density at radius 1 is 1.27 bits per heavy atom. The second kappa shape index (κ2) is 7.99. The van der Waals surface area contributed by atoms with E-state index in [0.29, 0.717) is 25.2 Å². The van der Waals surface area contributed by atoms with E-state index >= 15 is 0 Å². The van der Waals surface area contributed by atoms with Crippen molar-refractivity contribution in [2.24, 2.45) is 0 Å². The molecule has 0 aromatic carbocycles. The van der Waals surface area contributed by atoms with Gasteiger partial charge in [0.05, 0.1) is 7.11 Å². The summed E-state index contributed by atoms with van der Waals surface area (Å²) in [6.45, 7) is 5.01. The van der Waals surface area contributed by atoms with Crippen LogP contribution in [0.25, 0.3) is 0 Å². The van der Waals surface area contributed by atoms with Gasteiger partial charge in [-0.1, -0.05) is 6.08 Å². The molecule has 0 unspecified atom stereocenters. The maximum absolute atomic E-state index is 10.9. The smallest absolute Gasteiger partial charge is 0.333 e. The fourth-order valence-corrected chi connectivity index (χ4v) is 0.899. The molecule has 0 aromatic heterocycles. The van der Waals surface area contributed by atoms with Gasteiger partial charge >= 0.3 is 5.97 Å². The summed E-state index contributed by atoms with van der Waals surface area (Å²) < 4.78 is 4.53. The van der Waals surface area contributed by atoms with Crippen LogP contribution in [0, 0.1) is 0 Å². The quantitative estimate of drug-likeness (QED) is 0.366. The Labute approximate surface area is 89.9 Å². The number of hydrogen-bond acceptors (Lipinski definition) is 4. The standard InChI is InChI=1S/C10H18N2O3/c1-8(10(14)15-3)4-5-11-6-7-12-9(2)13/h4,11H,5-7H2,1-3H3,(H,12,13). The largest absolute Gasteiger partial charge is 0.466 e. The fraction of sp³-hybridized carbons (Fsp3) is 0.600. The van der Waals surface area contributed by atoms with Gasteiger partial charge in [-0.3, -0.25) is 4.79 Å². The molecule has 1 amide bonds. The van der Waals surface area contributed by atoms with Crippen LogP contribution in [0.15, 0.2) is 11.6 Å². The van der Waals surface area contributed by atoms with Gasteiger partial charge in [0.1, 0.15) is 0 Å². The number of hydrogen-bond donors (Lipinski definition) is 2. The van der Waals surface area contributed by atoms with Crippen molar-refractivity contribution in [2.45, 2.75) is 13.8 Å². The van der Waals surface area contributed by atoms with Crippen LogP contribution in [0.2, 0.25) is 0 Å². The molecule has 5 heteroatoms. The highest BCUT2D eigenvalue weighted by atomic mass is 16.5. The maximum atomic E-state index is 10.9. The number of amides is 1. The van der Waals surface area contributed by atoms with Crippen LogP contribution in [0.4, 0.5) is 0 Å². The minimum absolute atomic E-state index is 0.0434. The summed E-state index contributed by atoms with van der Waals surface area (Å²) in [6, 6.07) is 0. The van der Waals surface area contributed by atoms with Crippen molar-refractivity contribution in [1.82, 2.24) is 10.6 Å². The lowest BCUT2D eigenvalue weighted by atomic mass is 10.3. The number of rotatable bonds is 6. The Hall–Kier alpha value is -1.36. The van der Waals surface area contributed by atoms with Crippen LogP contribution in [0.1, 0.15) is 13.8 Å². The first-order chi connectivity index (χ1) is 7.07. The summed E-state index contributed by atoms with van der Waals surface area (Å²) in [5, 5.41) is 5.71. The monoisotopic (exact) mass is 214 g/mol. The molecule has 0 saturated heterocycles. The third kappa shape index (κ3) is 7.69. The molecule has 0 aromatic rings. The Morgan fingerprint density at radius 2 is 1.93 bits per heavy atom. The highest BCUT2D eigenvalue weighted by molar-refractivity contribution is 5.87. The molecule has 86 valence electrons. The van der Waals surface area contributed by atoms with Crippen LogP contribution in [-0.4, -0.2) is 38.6 Å². The molecule has 0 bridgehead atoms. The van der Waals surface area contributed by atoms with Crippen LogP contribution in [0.3, 0.4) is 0 Å². The van der Waals surface area contributed by atoms with Gasteiger partial charge in [-0.25, -0.2) is 4.79 Å². The topological polar surface area (TPSA) is 67.4 Å². The molecule has 0 saturated carbocycles. The molecule has 0 heterocycles. The fourth-order valence-electron chi connectivity index (χ4n) is 0.899. The number of carbonyl (C=O) groups excluding carboxylic acids is 2. The molecule has 5 nitrogen and oxygen atoms in total. The van der Waals surface area contributed by atoms with Gasteiger partial charge in [-0.2, -0.15) is 0 Å². The lowest BCUT2D eigenvalue weighted by Crippen LogP contribution is -2.30. The van der Waals surface area contributed by atoms with Crippen molar-refractivity contribution >= 4 is 11.9 Å². The van der Waals surface area contributed by atoms with E-state index in [0.717, 1.165) is 0 Å². The molecule has 0 spiro atoms. The van der Waals surface area contributed by atoms with Crippen molar-refractivity contribution in [1.29, 1.82) is 0 Å². The zero-order valence-electron chi connectivity index (χ0n) is 9.42. The Bertz CT molecular complexity index is 249. The summed E-state index contributed by atoms with van der Waals surface area (Å²) in [5.41, 5.74) is 0.574. The predicted octanol–water partition coefficient (Wildman–Crippen LogP) is -0.169. The first-order valence-electron chi connectivity index (χ1n) is 4.78. The summed E-state index contributed by atoms with van der Waals surface area (Å²) in [4.78, 5) is 21.4. The molecule has 0 aliphatic rings. The summed E-state index contributed by atoms with van der Waals surface area (Å²) in [6.07, 6.45) is 1.75. The zero-order valence-corrected chi connectivity index (χ0v) is 9.42. The molecule has 0 rings (SSSR count). The molecule has 0 aliphatic heterocycles. The summed E-state index contributed by atoms with van der Waals surface area (Å²) >= 11 is 0. The number of ether oxygens (including phenoxy) is 1. The number of carbonyl (C=O) groups is 2. The lowest BCUT2D eigenvalue weighted by Gasteiger charge is -2.03. The van der Waals surface area contributed by atoms with Crippen LogP contribution in [-0.2, 0) is 14.3 Å². The lowest BCUT2D eigenvalue weighted by molar-refractivity contribution is -0.136. The molecular weight excluding hydrogens is 196 g/mol. The first-order valence-corrected chi connectivity index (χ1v) is 4.78. The van der Waals surface area contributed by atoms with Crippen LogP contribution in [0.5, 0.6) is 0 Å². The Balaban J connectivity index is 3.52. The van der Waals surface area contributed by atoms with E-state index in [9.17, 15) is 9.59 Å². The second-order valence-electron chi connectivity index (χ2n) is 3.07. The Morgan fingerprint density at radius 3 is 2.47 bits per heavy atom. The molecule has 0 radical (unpaired) electrons. The van der Waals surface area contributed by atoms with Gasteiger partial charge in [0.25, 0.3) is 0 Å². The van der Waals surface area contributed by atoms with Crippen molar-refractivity contribution in [3.63, 3.8) is 0 Å². The van der Waals surface area contributed by atoms with Crippen LogP contribution < -0.4 is 10.6 Å². The zero-order chi connectivity index (χ0) is 11.7. The predicted molar refractivity (Wildman–Crippen MR) is 57.3 cm³/mol. The SMILES string of the molecule is COC(=O)C(C)=CCNCCNC(C)=O. The van der Waals surface area contributed by atoms with Gasteiger partial charge < -0.3 is 15.4 Å².